The SMILES string of the molecule is Cc1ccsc1C1CNCC1c1ccc(O)c(O)c1. The number of phenolic OH excluding ortho intramolecular Hbond substituents is 2. The van der Waals surface area contributed by atoms with Gasteiger partial charge in [-0.2, -0.15) is 0 Å². The Morgan fingerprint density at radius 3 is 2.58 bits per heavy atom. The maximum Gasteiger partial charge on any atom is 0.157 e. The van der Waals surface area contributed by atoms with Crippen LogP contribution in [-0.4, -0.2) is 23.3 Å². The number of hydrogen-bond acceptors (Lipinski definition) is 4. The van der Waals surface area contributed by atoms with Crippen LogP contribution in [0, 0.1) is 6.92 Å². The molecule has 2 aromatic rings. The molecule has 19 heavy (non-hydrogen) atoms. The standard InChI is InChI=1S/C15H17NO2S/c1-9-4-5-19-15(9)12-8-16-7-11(12)10-2-3-13(17)14(18)6-10/h2-6,11-12,16-18H,7-8H2,1H3. The molecular weight excluding hydrogens is 258 g/mol. The summed E-state index contributed by atoms with van der Waals surface area (Å²) in [4.78, 5) is 1.42. The fourth-order valence-corrected chi connectivity index (χ4v) is 3.93. The van der Waals surface area contributed by atoms with E-state index in [1.165, 1.54) is 10.4 Å². The lowest BCUT2D eigenvalue weighted by Gasteiger charge is -2.19. The van der Waals surface area contributed by atoms with Crippen LogP contribution in [-0.2, 0) is 0 Å². The van der Waals surface area contributed by atoms with E-state index in [1.807, 2.05) is 6.07 Å². The number of nitrogens with one attached hydrogen (secondary N) is 1. The third kappa shape index (κ3) is 2.22. The van der Waals surface area contributed by atoms with Gasteiger partial charge in [-0.1, -0.05) is 6.07 Å². The number of thiophene rings is 1. The summed E-state index contributed by atoms with van der Waals surface area (Å²) in [5, 5.41) is 24.6. The Labute approximate surface area is 116 Å². The molecule has 3 rings (SSSR count). The number of hydrogen-bond donors (Lipinski definition) is 3. The van der Waals surface area contributed by atoms with Crippen molar-refractivity contribution in [2.45, 2.75) is 18.8 Å². The van der Waals surface area contributed by atoms with Crippen molar-refractivity contribution in [1.82, 2.24) is 5.32 Å². The quantitative estimate of drug-likeness (QED) is 0.739. The number of aromatic hydroxyl groups is 2. The molecule has 2 unspecified atom stereocenters. The summed E-state index contributed by atoms with van der Waals surface area (Å²) in [5.41, 5.74) is 2.42. The molecule has 1 fully saturated rings. The average molecular weight is 275 g/mol. The maximum atomic E-state index is 9.66. The van der Waals surface area contributed by atoms with Crippen molar-refractivity contribution in [1.29, 1.82) is 0 Å². The second-order valence-corrected chi connectivity index (χ2v) is 6.03. The van der Waals surface area contributed by atoms with Crippen LogP contribution in [0.1, 0.15) is 27.8 Å². The average Bonchev–Trinajstić information content (AvgIpc) is 3.00. The largest absolute Gasteiger partial charge is 0.504 e. The van der Waals surface area contributed by atoms with E-state index < -0.39 is 0 Å². The maximum absolute atomic E-state index is 9.66. The molecular formula is C15H17NO2S. The minimum atomic E-state index is -0.0569. The highest BCUT2D eigenvalue weighted by molar-refractivity contribution is 7.10. The number of aryl methyl sites for hydroxylation is 1. The molecule has 2 heterocycles. The third-order valence-corrected chi connectivity index (χ3v) is 5.03. The van der Waals surface area contributed by atoms with Crippen LogP contribution in [0.5, 0.6) is 11.5 Å². The molecule has 1 aliphatic heterocycles. The molecule has 2 atom stereocenters. The van der Waals surface area contributed by atoms with E-state index in [0.29, 0.717) is 11.8 Å². The zero-order valence-electron chi connectivity index (χ0n) is 10.8. The van der Waals surface area contributed by atoms with Crippen molar-refractivity contribution < 1.29 is 10.2 Å². The smallest absolute Gasteiger partial charge is 0.157 e. The summed E-state index contributed by atoms with van der Waals surface area (Å²) in [6, 6.07) is 7.32. The molecule has 1 aliphatic rings. The van der Waals surface area contributed by atoms with Crippen molar-refractivity contribution in [2.75, 3.05) is 13.1 Å². The lowest BCUT2D eigenvalue weighted by atomic mass is 9.86. The zero-order valence-corrected chi connectivity index (χ0v) is 11.6. The molecule has 0 bridgehead atoms. The van der Waals surface area contributed by atoms with Crippen LogP contribution in [0.3, 0.4) is 0 Å². The first-order chi connectivity index (χ1) is 9.16. The van der Waals surface area contributed by atoms with Crippen molar-refractivity contribution in [3.63, 3.8) is 0 Å². The lowest BCUT2D eigenvalue weighted by Crippen LogP contribution is -2.08. The van der Waals surface area contributed by atoms with Gasteiger partial charge in [-0.05, 0) is 41.6 Å². The van der Waals surface area contributed by atoms with Gasteiger partial charge in [-0.15, -0.1) is 11.3 Å². The van der Waals surface area contributed by atoms with Crippen LogP contribution in [0.15, 0.2) is 29.6 Å². The van der Waals surface area contributed by atoms with Gasteiger partial charge in [-0.25, -0.2) is 0 Å². The summed E-state index contributed by atoms with van der Waals surface area (Å²) in [7, 11) is 0. The molecule has 0 amide bonds. The molecule has 1 saturated heterocycles. The third-order valence-electron chi connectivity index (χ3n) is 3.88. The fraction of sp³-hybridized carbons (Fsp3) is 0.333. The lowest BCUT2D eigenvalue weighted by molar-refractivity contribution is 0.402. The van der Waals surface area contributed by atoms with Crippen LogP contribution in [0.4, 0.5) is 0 Å². The molecule has 0 radical (unpaired) electrons. The van der Waals surface area contributed by atoms with Gasteiger partial charge < -0.3 is 15.5 Å². The molecule has 1 aromatic carbocycles. The molecule has 0 aliphatic carbocycles. The van der Waals surface area contributed by atoms with E-state index in [0.717, 1.165) is 18.7 Å². The van der Waals surface area contributed by atoms with Gasteiger partial charge in [0.05, 0.1) is 0 Å². The fourth-order valence-electron chi connectivity index (χ4n) is 2.84. The summed E-state index contributed by atoms with van der Waals surface area (Å²) >= 11 is 1.80. The molecule has 4 heteroatoms. The summed E-state index contributed by atoms with van der Waals surface area (Å²) < 4.78 is 0. The zero-order chi connectivity index (χ0) is 13.4. The Morgan fingerprint density at radius 2 is 1.89 bits per heavy atom. The number of phenols is 2. The second kappa shape index (κ2) is 4.87. The first kappa shape index (κ1) is 12.5. The first-order valence-electron chi connectivity index (χ1n) is 6.43. The van der Waals surface area contributed by atoms with E-state index in [2.05, 4.69) is 23.7 Å². The Morgan fingerprint density at radius 1 is 1.11 bits per heavy atom. The monoisotopic (exact) mass is 275 g/mol. The summed E-state index contributed by atoms with van der Waals surface area (Å²) in [6.07, 6.45) is 0. The number of benzene rings is 1. The molecule has 100 valence electrons. The van der Waals surface area contributed by atoms with E-state index in [1.54, 1.807) is 23.5 Å². The van der Waals surface area contributed by atoms with Crippen LogP contribution in [0.25, 0.3) is 0 Å². The van der Waals surface area contributed by atoms with E-state index in [4.69, 9.17) is 0 Å². The Balaban J connectivity index is 1.95. The van der Waals surface area contributed by atoms with Crippen molar-refractivity contribution in [3.05, 3.63) is 45.6 Å². The first-order valence-corrected chi connectivity index (χ1v) is 7.31. The highest BCUT2D eigenvalue weighted by Gasteiger charge is 2.31. The van der Waals surface area contributed by atoms with E-state index >= 15 is 0 Å². The van der Waals surface area contributed by atoms with Gasteiger partial charge in [-0.3, -0.25) is 0 Å². The topological polar surface area (TPSA) is 52.5 Å². The van der Waals surface area contributed by atoms with Crippen molar-refractivity contribution in [2.24, 2.45) is 0 Å². The molecule has 3 nitrogen and oxygen atoms in total. The molecule has 0 spiro atoms. The Hall–Kier alpha value is -1.52. The van der Waals surface area contributed by atoms with Crippen LogP contribution in [0.2, 0.25) is 0 Å². The highest BCUT2D eigenvalue weighted by Crippen LogP contribution is 2.41. The van der Waals surface area contributed by atoms with Crippen molar-refractivity contribution in [3.8, 4) is 11.5 Å². The summed E-state index contributed by atoms with van der Waals surface area (Å²) in [5.74, 6) is 0.706. The van der Waals surface area contributed by atoms with Gasteiger partial charge in [0.25, 0.3) is 0 Å². The second-order valence-electron chi connectivity index (χ2n) is 5.09. The van der Waals surface area contributed by atoms with E-state index in [-0.39, 0.29) is 11.5 Å². The van der Waals surface area contributed by atoms with Crippen LogP contribution >= 0.6 is 11.3 Å². The van der Waals surface area contributed by atoms with Crippen LogP contribution < -0.4 is 5.32 Å². The molecule has 3 N–H and O–H groups in total. The van der Waals surface area contributed by atoms with Gasteiger partial charge in [0.1, 0.15) is 0 Å². The highest BCUT2D eigenvalue weighted by atomic mass is 32.1. The van der Waals surface area contributed by atoms with Gasteiger partial charge in [0.15, 0.2) is 11.5 Å². The van der Waals surface area contributed by atoms with Gasteiger partial charge >= 0.3 is 0 Å². The van der Waals surface area contributed by atoms with Gasteiger partial charge in [0, 0.05) is 29.8 Å². The Bertz CT molecular complexity index is 594. The minimum absolute atomic E-state index is 0.0361. The minimum Gasteiger partial charge on any atom is -0.504 e. The van der Waals surface area contributed by atoms with Gasteiger partial charge in [0.2, 0.25) is 0 Å². The summed E-state index contributed by atoms with van der Waals surface area (Å²) in [6.45, 7) is 4.02. The number of rotatable bonds is 2. The Kier molecular flexibility index (Phi) is 3.21. The normalized spacial score (nSPS) is 22.8. The molecule has 1 aromatic heterocycles. The van der Waals surface area contributed by atoms with Crippen molar-refractivity contribution >= 4 is 11.3 Å². The van der Waals surface area contributed by atoms with E-state index in [9.17, 15) is 10.2 Å². The predicted octanol–water partition coefficient (Wildman–Crippen LogP) is 2.94. The predicted molar refractivity (Wildman–Crippen MR) is 77.2 cm³/mol. The molecule has 0 saturated carbocycles.